The van der Waals surface area contributed by atoms with E-state index in [0.717, 1.165) is 5.39 Å². The average Bonchev–Trinajstić information content (AvgIpc) is 3.34. The van der Waals surface area contributed by atoms with Crippen molar-refractivity contribution in [3.63, 3.8) is 0 Å². The first kappa shape index (κ1) is 16.8. The van der Waals surface area contributed by atoms with Gasteiger partial charge < -0.3 is 18.8 Å². The SMILES string of the molecule is COc1ccc2oc(C(=O)N3CCC(Oc4nccnc4C#N)C3)cc2c1. The van der Waals surface area contributed by atoms with Gasteiger partial charge in [0, 0.05) is 30.7 Å². The molecule has 0 spiro atoms. The van der Waals surface area contributed by atoms with Gasteiger partial charge in [-0.3, -0.25) is 4.79 Å². The van der Waals surface area contributed by atoms with Gasteiger partial charge in [-0.05, 0) is 24.3 Å². The largest absolute Gasteiger partial charge is 0.497 e. The second kappa shape index (κ2) is 6.96. The summed E-state index contributed by atoms with van der Waals surface area (Å²) in [4.78, 5) is 22.4. The number of fused-ring (bicyclic) bond motifs is 1. The van der Waals surface area contributed by atoms with Crippen LogP contribution in [-0.4, -0.2) is 47.1 Å². The van der Waals surface area contributed by atoms with E-state index in [1.165, 1.54) is 12.4 Å². The number of nitrogens with zero attached hydrogens (tertiary/aromatic N) is 4. The Bertz CT molecular complexity index is 1040. The quantitative estimate of drug-likeness (QED) is 0.700. The Morgan fingerprint density at radius 2 is 2.19 bits per heavy atom. The van der Waals surface area contributed by atoms with Gasteiger partial charge in [-0.2, -0.15) is 5.26 Å². The zero-order valence-electron chi connectivity index (χ0n) is 14.6. The van der Waals surface area contributed by atoms with Crippen LogP contribution in [0.2, 0.25) is 0 Å². The number of rotatable bonds is 4. The first-order valence-electron chi connectivity index (χ1n) is 8.42. The number of aromatic nitrogens is 2. The fourth-order valence-electron chi connectivity index (χ4n) is 3.06. The third-order valence-corrected chi connectivity index (χ3v) is 4.42. The number of hydrogen-bond acceptors (Lipinski definition) is 7. The maximum atomic E-state index is 12.8. The first-order chi connectivity index (χ1) is 13.2. The molecule has 0 saturated carbocycles. The zero-order chi connectivity index (χ0) is 18.8. The van der Waals surface area contributed by atoms with Crippen LogP contribution in [0.5, 0.6) is 11.6 Å². The number of amides is 1. The topological polar surface area (TPSA) is 101 Å². The molecule has 0 bridgehead atoms. The van der Waals surface area contributed by atoms with Crippen molar-refractivity contribution in [3.05, 3.63) is 48.1 Å². The minimum atomic E-state index is -0.248. The smallest absolute Gasteiger partial charge is 0.289 e. The lowest BCUT2D eigenvalue weighted by atomic mass is 10.2. The molecule has 1 aromatic carbocycles. The van der Waals surface area contributed by atoms with Crippen LogP contribution < -0.4 is 9.47 Å². The summed E-state index contributed by atoms with van der Waals surface area (Å²) in [6.07, 6.45) is 3.30. The number of nitriles is 1. The number of methoxy groups -OCH3 is 1. The highest BCUT2D eigenvalue weighted by Crippen LogP contribution is 2.26. The average molecular weight is 364 g/mol. The summed E-state index contributed by atoms with van der Waals surface area (Å²) < 4.78 is 16.6. The molecule has 27 heavy (non-hydrogen) atoms. The van der Waals surface area contributed by atoms with E-state index in [-0.39, 0.29) is 29.3 Å². The van der Waals surface area contributed by atoms with Gasteiger partial charge in [0.25, 0.3) is 11.8 Å². The predicted octanol–water partition coefficient (Wildman–Crippen LogP) is 2.40. The highest BCUT2D eigenvalue weighted by Gasteiger charge is 2.30. The van der Waals surface area contributed by atoms with E-state index >= 15 is 0 Å². The van der Waals surface area contributed by atoms with Crippen molar-refractivity contribution in [2.45, 2.75) is 12.5 Å². The molecule has 8 heteroatoms. The molecule has 4 rings (SSSR count). The van der Waals surface area contributed by atoms with Crippen molar-refractivity contribution in [3.8, 4) is 17.7 Å². The molecule has 1 unspecified atom stereocenters. The highest BCUT2D eigenvalue weighted by molar-refractivity contribution is 5.96. The van der Waals surface area contributed by atoms with Crippen LogP contribution in [0.15, 0.2) is 41.1 Å². The number of carbonyl (C=O) groups is 1. The van der Waals surface area contributed by atoms with Crippen molar-refractivity contribution in [2.75, 3.05) is 20.2 Å². The van der Waals surface area contributed by atoms with E-state index in [1.807, 2.05) is 12.1 Å². The molecule has 1 aliphatic heterocycles. The van der Waals surface area contributed by atoms with Gasteiger partial charge in [0.15, 0.2) is 5.76 Å². The molecule has 1 amide bonds. The van der Waals surface area contributed by atoms with Crippen LogP contribution in [0.3, 0.4) is 0 Å². The Morgan fingerprint density at radius 3 is 3.00 bits per heavy atom. The maximum absolute atomic E-state index is 12.8. The van der Waals surface area contributed by atoms with Crippen LogP contribution in [0, 0.1) is 11.3 Å². The summed E-state index contributed by atoms with van der Waals surface area (Å²) in [5.41, 5.74) is 0.762. The molecular formula is C19H16N4O4. The van der Waals surface area contributed by atoms with Gasteiger partial charge in [0.05, 0.1) is 13.7 Å². The van der Waals surface area contributed by atoms with Crippen molar-refractivity contribution in [1.29, 1.82) is 5.26 Å². The number of carbonyl (C=O) groups excluding carboxylic acids is 1. The molecule has 1 saturated heterocycles. The number of benzene rings is 1. The lowest BCUT2D eigenvalue weighted by Crippen LogP contribution is -2.30. The molecule has 3 heterocycles. The monoisotopic (exact) mass is 364 g/mol. The van der Waals surface area contributed by atoms with Crippen LogP contribution in [0.1, 0.15) is 22.7 Å². The fourth-order valence-corrected chi connectivity index (χ4v) is 3.06. The molecule has 0 N–H and O–H groups in total. The van der Waals surface area contributed by atoms with Crippen LogP contribution >= 0.6 is 0 Å². The Kier molecular flexibility index (Phi) is 4.34. The highest BCUT2D eigenvalue weighted by atomic mass is 16.5. The summed E-state index contributed by atoms with van der Waals surface area (Å²) in [7, 11) is 1.59. The normalized spacial score (nSPS) is 16.3. The summed E-state index contributed by atoms with van der Waals surface area (Å²) >= 11 is 0. The summed E-state index contributed by atoms with van der Waals surface area (Å²) in [5, 5.41) is 9.88. The maximum Gasteiger partial charge on any atom is 0.289 e. The van der Waals surface area contributed by atoms with Crippen LogP contribution in [-0.2, 0) is 0 Å². The van der Waals surface area contributed by atoms with Gasteiger partial charge in [0.2, 0.25) is 5.69 Å². The number of ether oxygens (including phenoxy) is 2. The molecule has 0 radical (unpaired) electrons. The molecule has 136 valence electrons. The Hall–Kier alpha value is -3.60. The van der Waals surface area contributed by atoms with Gasteiger partial charge in [-0.15, -0.1) is 0 Å². The lowest BCUT2D eigenvalue weighted by Gasteiger charge is -2.15. The standard InChI is InChI=1S/C19H16N4O4/c1-25-13-2-3-16-12(8-13)9-17(27-16)19(24)23-7-4-14(11-23)26-18-15(10-20)21-5-6-22-18/h2-3,5-6,8-9,14H,4,7,11H2,1H3. The fraction of sp³-hybridized carbons (Fsp3) is 0.263. The predicted molar refractivity (Wildman–Crippen MR) is 94.4 cm³/mol. The van der Waals surface area contributed by atoms with Crippen molar-refractivity contribution in [2.24, 2.45) is 0 Å². The second-order valence-corrected chi connectivity index (χ2v) is 6.12. The summed E-state index contributed by atoms with van der Waals surface area (Å²) in [6, 6.07) is 9.05. The van der Waals surface area contributed by atoms with E-state index < -0.39 is 0 Å². The van der Waals surface area contributed by atoms with E-state index in [4.69, 9.17) is 19.2 Å². The Morgan fingerprint density at radius 1 is 1.33 bits per heavy atom. The minimum absolute atomic E-state index is 0.133. The van der Waals surface area contributed by atoms with Crippen molar-refractivity contribution >= 4 is 16.9 Å². The number of likely N-dealkylation sites (tertiary alicyclic amines) is 1. The molecule has 0 aliphatic carbocycles. The Labute approximate surface area is 154 Å². The van der Waals surface area contributed by atoms with Gasteiger partial charge in [-0.1, -0.05) is 0 Å². The third-order valence-electron chi connectivity index (χ3n) is 4.42. The zero-order valence-corrected chi connectivity index (χ0v) is 14.6. The second-order valence-electron chi connectivity index (χ2n) is 6.12. The summed E-state index contributed by atoms with van der Waals surface area (Å²) in [5.74, 6) is 0.969. The first-order valence-corrected chi connectivity index (χ1v) is 8.42. The Balaban J connectivity index is 1.47. The summed E-state index contributed by atoms with van der Waals surface area (Å²) in [6.45, 7) is 0.923. The lowest BCUT2D eigenvalue weighted by molar-refractivity contribution is 0.0742. The van der Waals surface area contributed by atoms with Crippen LogP contribution in [0.25, 0.3) is 11.0 Å². The number of hydrogen-bond donors (Lipinski definition) is 0. The molecule has 1 fully saturated rings. The molecule has 1 aliphatic rings. The minimum Gasteiger partial charge on any atom is -0.497 e. The van der Waals surface area contributed by atoms with Crippen molar-refractivity contribution < 1.29 is 18.7 Å². The molecular weight excluding hydrogens is 348 g/mol. The molecule has 2 aromatic heterocycles. The van der Waals surface area contributed by atoms with E-state index in [2.05, 4.69) is 9.97 Å². The molecule has 3 aromatic rings. The molecule has 8 nitrogen and oxygen atoms in total. The van der Waals surface area contributed by atoms with E-state index in [9.17, 15) is 4.79 Å². The molecule has 1 atom stereocenters. The van der Waals surface area contributed by atoms with E-state index in [0.29, 0.717) is 30.8 Å². The van der Waals surface area contributed by atoms with Gasteiger partial charge in [-0.25, -0.2) is 9.97 Å². The third kappa shape index (κ3) is 3.27. The van der Waals surface area contributed by atoms with Crippen LogP contribution in [0.4, 0.5) is 0 Å². The van der Waals surface area contributed by atoms with E-state index in [1.54, 1.807) is 30.2 Å². The van der Waals surface area contributed by atoms with Gasteiger partial charge in [0.1, 0.15) is 23.5 Å². The number of furan rings is 1. The van der Waals surface area contributed by atoms with Gasteiger partial charge >= 0.3 is 0 Å². The van der Waals surface area contributed by atoms with Crippen molar-refractivity contribution in [1.82, 2.24) is 14.9 Å².